The monoisotopic (exact) mass is 427 g/mol. The predicted octanol–water partition coefficient (Wildman–Crippen LogP) is 4.92. The molecule has 160 valence electrons. The maximum atomic E-state index is 13.4. The Morgan fingerprint density at radius 2 is 1.44 bits per heavy atom. The molecule has 1 aliphatic heterocycles. The molecule has 0 radical (unpaired) electrons. The molecule has 7 nitrogen and oxygen atoms in total. The van der Waals surface area contributed by atoms with E-state index in [-0.39, 0.29) is 17.0 Å². The van der Waals surface area contributed by atoms with Gasteiger partial charge in [0.25, 0.3) is 17.5 Å². The Morgan fingerprint density at radius 3 is 2.06 bits per heavy atom. The summed E-state index contributed by atoms with van der Waals surface area (Å²) in [6.45, 7) is 5.77. The number of anilines is 2. The van der Waals surface area contributed by atoms with Crippen LogP contribution in [0, 0.1) is 30.9 Å². The summed E-state index contributed by atoms with van der Waals surface area (Å²) in [5.41, 5.74) is 4.74. The third kappa shape index (κ3) is 3.76. The lowest BCUT2D eigenvalue weighted by Crippen LogP contribution is -2.32. The first-order valence-corrected chi connectivity index (χ1v) is 10.0. The van der Waals surface area contributed by atoms with Gasteiger partial charge in [-0.25, -0.2) is 4.90 Å². The highest BCUT2D eigenvalue weighted by molar-refractivity contribution is 6.46. The van der Waals surface area contributed by atoms with E-state index < -0.39 is 16.7 Å². The number of aryl methyl sites for hydroxylation is 3. The molecule has 0 atom stereocenters. The number of nitro benzene ring substituents is 1. The second-order valence-corrected chi connectivity index (χ2v) is 7.78. The van der Waals surface area contributed by atoms with Crippen molar-refractivity contribution >= 4 is 34.4 Å². The molecule has 3 aromatic carbocycles. The molecule has 4 rings (SSSR count). The first kappa shape index (κ1) is 21.0. The third-order valence-corrected chi connectivity index (χ3v) is 5.40. The minimum Gasteiger partial charge on any atom is -0.350 e. The molecule has 1 aliphatic rings. The number of hydrogen-bond donors (Lipinski definition) is 1. The average Bonchev–Trinajstić information content (AvgIpc) is 3.01. The van der Waals surface area contributed by atoms with Crippen LogP contribution in [0.2, 0.25) is 0 Å². The molecule has 0 aliphatic carbocycles. The Hall–Kier alpha value is -4.26. The number of non-ortho nitro benzene ring substituents is 1. The zero-order valence-corrected chi connectivity index (χ0v) is 17.9. The Bertz CT molecular complexity index is 1280. The summed E-state index contributed by atoms with van der Waals surface area (Å²) >= 11 is 0. The lowest BCUT2D eigenvalue weighted by Gasteiger charge is -2.16. The van der Waals surface area contributed by atoms with E-state index in [1.54, 1.807) is 12.1 Å². The Balaban J connectivity index is 1.84. The van der Waals surface area contributed by atoms with E-state index >= 15 is 0 Å². The van der Waals surface area contributed by atoms with Gasteiger partial charge in [0.2, 0.25) is 0 Å². The maximum Gasteiger partial charge on any atom is 0.282 e. The fraction of sp³-hybridized carbons (Fsp3) is 0.120. The lowest BCUT2D eigenvalue weighted by atomic mass is 10.0. The second-order valence-electron chi connectivity index (χ2n) is 7.78. The van der Waals surface area contributed by atoms with Crippen molar-refractivity contribution in [2.24, 2.45) is 0 Å². The minimum atomic E-state index is -0.506. The second kappa shape index (κ2) is 8.11. The summed E-state index contributed by atoms with van der Waals surface area (Å²) in [6.07, 6.45) is 0. The first-order valence-electron chi connectivity index (χ1n) is 10.0. The smallest absolute Gasteiger partial charge is 0.282 e. The van der Waals surface area contributed by atoms with Crippen molar-refractivity contribution in [2.75, 3.05) is 10.2 Å². The van der Waals surface area contributed by atoms with E-state index in [0.29, 0.717) is 16.9 Å². The molecule has 3 aromatic rings. The summed E-state index contributed by atoms with van der Waals surface area (Å²) in [6, 6.07) is 18.5. The number of amides is 2. The summed E-state index contributed by atoms with van der Waals surface area (Å²) in [5, 5.41) is 14.2. The number of rotatable bonds is 5. The van der Waals surface area contributed by atoms with Gasteiger partial charge in [-0.2, -0.15) is 0 Å². The van der Waals surface area contributed by atoms with Crippen LogP contribution in [-0.4, -0.2) is 16.7 Å². The van der Waals surface area contributed by atoms with Gasteiger partial charge in [0.05, 0.1) is 16.2 Å². The summed E-state index contributed by atoms with van der Waals surface area (Å²) in [7, 11) is 0. The quantitative estimate of drug-likeness (QED) is 0.355. The van der Waals surface area contributed by atoms with Crippen LogP contribution in [0.3, 0.4) is 0 Å². The zero-order chi connectivity index (χ0) is 23.0. The molecule has 2 amide bonds. The van der Waals surface area contributed by atoms with Gasteiger partial charge < -0.3 is 5.32 Å². The molecule has 32 heavy (non-hydrogen) atoms. The molecule has 0 fully saturated rings. The lowest BCUT2D eigenvalue weighted by molar-refractivity contribution is -0.384. The molecule has 7 heteroatoms. The van der Waals surface area contributed by atoms with Gasteiger partial charge in [0, 0.05) is 17.8 Å². The summed E-state index contributed by atoms with van der Waals surface area (Å²) in [5.74, 6) is -0.964. The summed E-state index contributed by atoms with van der Waals surface area (Å²) in [4.78, 5) is 38.5. The molecule has 0 spiro atoms. The van der Waals surface area contributed by atoms with Crippen molar-refractivity contribution in [2.45, 2.75) is 20.8 Å². The van der Waals surface area contributed by atoms with Crippen LogP contribution in [0.1, 0.15) is 22.3 Å². The van der Waals surface area contributed by atoms with Crippen molar-refractivity contribution in [3.8, 4) is 0 Å². The van der Waals surface area contributed by atoms with E-state index in [1.807, 2.05) is 51.1 Å². The highest BCUT2D eigenvalue weighted by Gasteiger charge is 2.40. The van der Waals surface area contributed by atoms with Crippen LogP contribution in [0.15, 0.2) is 72.4 Å². The minimum absolute atomic E-state index is 0.0921. The van der Waals surface area contributed by atoms with E-state index in [2.05, 4.69) is 5.32 Å². The van der Waals surface area contributed by atoms with Crippen molar-refractivity contribution < 1.29 is 14.5 Å². The van der Waals surface area contributed by atoms with Crippen molar-refractivity contribution in [1.29, 1.82) is 0 Å². The SMILES string of the molecule is Cc1ccc(N2C(=O)C(Nc3cc(C)ccc3C)=C(c3ccc([N+](=O)[O-])cc3)C2=O)cc1. The van der Waals surface area contributed by atoms with Crippen LogP contribution in [0.25, 0.3) is 5.57 Å². The molecule has 1 N–H and O–H groups in total. The topological polar surface area (TPSA) is 92.6 Å². The fourth-order valence-corrected chi connectivity index (χ4v) is 3.60. The number of carbonyl (C=O) groups is 2. The number of nitro groups is 1. The van der Waals surface area contributed by atoms with Crippen LogP contribution < -0.4 is 10.2 Å². The average molecular weight is 427 g/mol. The Morgan fingerprint density at radius 1 is 0.812 bits per heavy atom. The van der Waals surface area contributed by atoms with Crippen LogP contribution >= 0.6 is 0 Å². The molecule has 1 heterocycles. The van der Waals surface area contributed by atoms with Gasteiger partial charge in [-0.15, -0.1) is 0 Å². The highest BCUT2D eigenvalue weighted by atomic mass is 16.6. The number of nitrogens with one attached hydrogen (secondary N) is 1. The zero-order valence-electron chi connectivity index (χ0n) is 17.9. The van der Waals surface area contributed by atoms with Gasteiger partial charge in [-0.3, -0.25) is 19.7 Å². The predicted molar refractivity (Wildman–Crippen MR) is 123 cm³/mol. The number of carbonyl (C=O) groups excluding carboxylic acids is 2. The van der Waals surface area contributed by atoms with Crippen LogP contribution in [-0.2, 0) is 9.59 Å². The molecule has 0 saturated heterocycles. The molecule has 0 unspecified atom stereocenters. The molecule has 0 bridgehead atoms. The first-order chi connectivity index (χ1) is 15.3. The fourth-order valence-electron chi connectivity index (χ4n) is 3.60. The van der Waals surface area contributed by atoms with E-state index in [9.17, 15) is 19.7 Å². The molecular weight excluding hydrogens is 406 g/mol. The summed E-state index contributed by atoms with van der Waals surface area (Å²) < 4.78 is 0. The third-order valence-electron chi connectivity index (χ3n) is 5.40. The van der Waals surface area contributed by atoms with Gasteiger partial charge in [0.15, 0.2) is 0 Å². The number of nitrogens with zero attached hydrogens (tertiary/aromatic N) is 2. The van der Waals surface area contributed by atoms with Crippen molar-refractivity contribution in [1.82, 2.24) is 0 Å². The highest BCUT2D eigenvalue weighted by Crippen LogP contribution is 2.35. The molecule has 0 saturated carbocycles. The van der Waals surface area contributed by atoms with Gasteiger partial charge in [0.1, 0.15) is 5.70 Å². The maximum absolute atomic E-state index is 13.4. The van der Waals surface area contributed by atoms with E-state index in [1.165, 1.54) is 24.3 Å². The standard InChI is InChI=1S/C25H21N3O4/c1-15-5-10-19(11-6-15)27-24(29)22(18-8-12-20(13-9-18)28(31)32)23(25(27)30)26-21-14-16(2)4-7-17(21)3/h4-14,26H,1-3H3. The van der Waals surface area contributed by atoms with Gasteiger partial charge in [-0.1, -0.05) is 29.8 Å². The van der Waals surface area contributed by atoms with Crippen molar-refractivity contribution in [3.05, 3.63) is 105 Å². The number of benzene rings is 3. The van der Waals surface area contributed by atoms with E-state index in [4.69, 9.17) is 0 Å². The Kier molecular flexibility index (Phi) is 5.32. The van der Waals surface area contributed by atoms with Gasteiger partial charge >= 0.3 is 0 Å². The van der Waals surface area contributed by atoms with Crippen LogP contribution in [0.5, 0.6) is 0 Å². The Labute approximate surface area is 185 Å². The largest absolute Gasteiger partial charge is 0.350 e. The van der Waals surface area contributed by atoms with Crippen LogP contribution in [0.4, 0.5) is 17.1 Å². The van der Waals surface area contributed by atoms with Gasteiger partial charge in [-0.05, 0) is 67.8 Å². The molecular formula is C25H21N3O4. The normalized spacial score (nSPS) is 13.7. The number of imide groups is 1. The molecule has 0 aromatic heterocycles. The van der Waals surface area contributed by atoms with Crippen molar-refractivity contribution in [3.63, 3.8) is 0 Å². The number of hydrogen-bond acceptors (Lipinski definition) is 5. The van der Waals surface area contributed by atoms with E-state index in [0.717, 1.165) is 21.6 Å².